The Kier molecular flexibility index (Phi) is 2.46. The van der Waals surface area contributed by atoms with Crippen LogP contribution in [0.4, 0.5) is 10.5 Å². The molecule has 1 aromatic rings. The lowest BCUT2D eigenvalue weighted by atomic mass is 10.3. The highest BCUT2D eigenvalue weighted by Crippen LogP contribution is 2.27. The largest absolute Gasteiger partial charge is 0.326 e. The first-order valence-electron chi connectivity index (χ1n) is 4.47. The van der Waals surface area contributed by atoms with Crippen LogP contribution >= 0.6 is 15.9 Å². The number of hydrogen-bond donors (Lipinski definition) is 0. The molecule has 4 heteroatoms. The van der Waals surface area contributed by atoms with Crippen LogP contribution in [-0.4, -0.2) is 31.1 Å². The number of anilines is 1. The maximum atomic E-state index is 11.7. The number of halogens is 1. The number of rotatable bonds is 1. The Hall–Kier alpha value is -1.03. The number of urea groups is 1. The average molecular weight is 255 g/mol. The number of amides is 2. The molecule has 14 heavy (non-hydrogen) atoms. The SMILES string of the molecule is CN1CCN(c2ccccc2Br)C1=O. The quantitative estimate of drug-likeness (QED) is 0.755. The van der Waals surface area contributed by atoms with E-state index >= 15 is 0 Å². The summed E-state index contributed by atoms with van der Waals surface area (Å²) in [5.41, 5.74) is 0.946. The maximum Gasteiger partial charge on any atom is 0.324 e. The van der Waals surface area contributed by atoms with Crippen molar-refractivity contribution in [3.63, 3.8) is 0 Å². The summed E-state index contributed by atoms with van der Waals surface area (Å²) >= 11 is 3.44. The van der Waals surface area contributed by atoms with Gasteiger partial charge < -0.3 is 4.90 Å². The molecule has 1 aliphatic rings. The van der Waals surface area contributed by atoms with Crippen molar-refractivity contribution >= 4 is 27.6 Å². The molecular weight excluding hydrogens is 244 g/mol. The van der Waals surface area contributed by atoms with Crippen LogP contribution in [-0.2, 0) is 0 Å². The van der Waals surface area contributed by atoms with Crippen molar-refractivity contribution in [1.82, 2.24) is 4.90 Å². The van der Waals surface area contributed by atoms with Crippen molar-refractivity contribution in [3.05, 3.63) is 28.7 Å². The number of hydrogen-bond acceptors (Lipinski definition) is 1. The Bertz CT molecular complexity index is 367. The van der Waals surface area contributed by atoms with Gasteiger partial charge in [-0.1, -0.05) is 12.1 Å². The molecule has 1 fully saturated rings. The number of carbonyl (C=O) groups excluding carboxylic acids is 1. The summed E-state index contributed by atoms with van der Waals surface area (Å²) in [6.45, 7) is 1.55. The van der Waals surface area contributed by atoms with Gasteiger partial charge in [0, 0.05) is 24.6 Å². The lowest BCUT2D eigenvalue weighted by molar-refractivity contribution is 0.229. The summed E-state index contributed by atoms with van der Waals surface area (Å²) in [5.74, 6) is 0. The first kappa shape index (κ1) is 9.52. The lowest BCUT2D eigenvalue weighted by Gasteiger charge is -2.17. The third-order valence-corrected chi connectivity index (χ3v) is 3.03. The van der Waals surface area contributed by atoms with Gasteiger partial charge in [-0.15, -0.1) is 0 Å². The van der Waals surface area contributed by atoms with E-state index in [-0.39, 0.29) is 6.03 Å². The predicted octanol–water partition coefficient (Wildman–Crippen LogP) is 2.32. The summed E-state index contributed by atoms with van der Waals surface area (Å²) in [7, 11) is 1.82. The summed E-state index contributed by atoms with van der Waals surface area (Å²) in [6.07, 6.45) is 0. The Morgan fingerprint density at radius 2 is 2.00 bits per heavy atom. The molecule has 0 aliphatic carbocycles. The molecule has 0 atom stereocenters. The van der Waals surface area contributed by atoms with Crippen LogP contribution in [0.15, 0.2) is 28.7 Å². The van der Waals surface area contributed by atoms with Gasteiger partial charge in [0.05, 0.1) is 5.69 Å². The van der Waals surface area contributed by atoms with Crippen LogP contribution in [0.5, 0.6) is 0 Å². The minimum Gasteiger partial charge on any atom is -0.326 e. The molecule has 1 aliphatic heterocycles. The average Bonchev–Trinajstić information content (AvgIpc) is 2.49. The summed E-state index contributed by atoms with van der Waals surface area (Å²) in [6, 6.07) is 7.84. The molecule has 3 nitrogen and oxygen atoms in total. The van der Waals surface area contributed by atoms with Crippen LogP contribution in [0.25, 0.3) is 0 Å². The van der Waals surface area contributed by atoms with Crippen molar-refractivity contribution in [3.8, 4) is 0 Å². The normalized spacial score (nSPS) is 16.6. The zero-order valence-corrected chi connectivity index (χ0v) is 9.49. The fourth-order valence-electron chi connectivity index (χ4n) is 1.54. The Morgan fingerprint density at radius 1 is 1.29 bits per heavy atom. The van der Waals surface area contributed by atoms with Gasteiger partial charge in [0.25, 0.3) is 0 Å². The summed E-state index contributed by atoms with van der Waals surface area (Å²) in [4.78, 5) is 15.2. The second-order valence-corrected chi connectivity index (χ2v) is 4.16. The standard InChI is InChI=1S/C10H11BrN2O/c1-12-6-7-13(10(12)14)9-5-3-2-4-8(9)11/h2-5H,6-7H2,1H3. The molecule has 74 valence electrons. The number of para-hydroxylation sites is 1. The van der Waals surface area contributed by atoms with Crippen molar-refractivity contribution in [2.45, 2.75) is 0 Å². The number of likely N-dealkylation sites (N-methyl/N-ethyl adjacent to an activating group) is 1. The van der Waals surface area contributed by atoms with Crippen molar-refractivity contribution in [1.29, 1.82) is 0 Å². The van der Waals surface area contributed by atoms with Crippen LogP contribution in [0.2, 0.25) is 0 Å². The second kappa shape index (κ2) is 3.61. The maximum absolute atomic E-state index is 11.7. The van der Waals surface area contributed by atoms with E-state index < -0.39 is 0 Å². The smallest absolute Gasteiger partial charge is 0.324 e. The van der Waals surface area contributed by atoms with Crippen molar-refractivity contribution < 1.29 is 4.79 Å². The number of benzene rings is 1. The van der Waals surface area contributed by atoms with Gasteiger partial charge in [0.1, 0.15) is 0 Å². The highest BCUT2D eigenvalue weighted by molar-refractivity contribution is 9.10. The van der Waals surface area contributed by atoms with E-state index in [2.05, 4.69) is 15.9 Å². The van der Waals surface area contributed by atoms with E-state index in [1.54, 1.807) is 9.80 Å². The van der Waals surface area contributed by atoms with E-state index in [9.17, 15) is 4.79 Å². The van der Waals surface area contributed by atoms with E-state index in [4.69, 9.17) is 0 Å². The van der Waals surface area contributed by atoms with Crippen molar-refractivity contribution in [2.75, 3.05) is 25.0 Å². The van der Waals surface area contributed by atoms with Gasteiger partial charge in [-0.3, -0.25) is 4.90 Å². The third kappa shape index (κ3) is 1.50. The molecule has 0 N–H and O–H groups in total. The van der Waals surface area contributed by atoms with Gasteiger partial charge in [-0.2, -0.15) is 0 Å². The van der Waals surface area contributed by atoms with E-state index in [0.29, 0.717) is 0 Å². The summed E-state index contributed by atoms with van der Waals surface area (Å²) < 4.78 is 0.962. The van der Waals surface area contributed by atoms with Crippen LogP contribution in [0.3, 0.4) is 0 Å². The molecule has 2 rings (SSSR count). The van der Waals surface area contributed by atoms with Gasteiger partial charge in [0.2, 0.25) is 0 Å². The van der Waals surface area contributed by atoms with Gasteiger partial charge in [-0.25, -0.2) is 4.79 Å². The molecule has 0 spiro atoms. The van der Waals surface area contributed by atoms with E-state index in [0.717, 1.165) is 23.2 Å². The molecule has 1 saturated heterocycles. The zero-order chi connectivity index (χ0) is 10.1. The van der Waals surface area contributed by atoms with Gasteiger partial charge in [0.15, 0.2) is 0 Å². The Morgan fingerprint density at radius 3 is 2.57 bits per heavy atom. The van der Waals surface area contributed by atoms with E-state index in [1.807, 2.05) is 31.3 Å². The number of carbonyl (C=O) groups is 1. The van der Waals surface area contributed by atoms with Crippen LogP contribution < -0.4 is 4.90 Å². The van der Waals surface area contributed by atoms with Gasteiger partial charge in [-0.05, 0) is 28.1 Å². The fraction of sp³-hybridized carbons (Fsp3) is 0.300. The second-order valence-electron chi connectivity index (χ2n) is 3.31. The molecular formula is C10H11BrN2O. The molecule has 2 amide bonds. The minimum absolute atomic E-state index is 0.0666. The van der Waals surface area contributed by atoms with Crippen LogP contribution in [0.1, 0.15) is 0 Å². The predicted molar refractivity (Wildman–Crippen MR) is 59.5 cm³/mol. The lowest BCUT2D eigenvalue weighted by Crippen LogP contribution is -2.29. The topological polar surface area (TPSA) is 23.6 Å². The van der Waals surface area contributed by atoms with Crippen LogP contribution in [0, 0.1) is 0 Å². The first-order valence-corrected chi connectivity index (χ1v) is 5.26. The third-order valence-electron chi connectivity index (χ3n) is 2.36. The molecule has 0 bridgehead atoms. The Balaban J connectivity index is 2.33. The molecule has 0 unspecified atom stereocenters. The molecule has 1 aromatic carbocycles. The first-order chi connectivity index (χ1) is 6.70. The molecule has 0 radical (unpaired) electrons. The highest BCUT2D eigenvalue weighted by Gasteiger charge is 2.27. The zero-order valence-electron chi connectivity index (χ0n) is 7.90. The molecule has 0 aromatic heterocycles. The molecule has 1 heterocycles. The summed E-state index contributed by atoms with van der Waals surface area (Å²) in [5, 5.41) is 0. The monoisotopic (exact) mass is 254 g/mol. The fourth-order valence-corrected chi connectivity index (χ4v) is 2.04. The number of nitrogens with zero attached hydrogens (tertiary/aromatic N) is 2. The van der Waals surface area contributed by atoms with Crippen molar-refractivity contribution in [2.24, 2.45) is 0 Å². The minimum atomic E-state index is 0.0666. The van der Waals surface area contributed by atoms with Gasteiger partial charge >= 0.3 is 6.03 Å². The molecule has 0 saturated carbocycles. The highest BCUT2D eigenvalue weighted by atomic mass is 79.9. The Labute approximate surface area is 91.4 Å². The van der Waals surface area contributed by atoms with E-state index in [1.165, 1.54) is 0 Å².